The molecule has 0 aromatic heterocycles. The molecule has 2 heterocycles. The van der Waals surface area contributed by atoms with Gasteiger partial charge in [0.05, 0.1) is 17.0 Å². The Balaban J connectivity index is 1.19. The third-order valence-electron chi connectivity index (χ3n) is 6.48. The molecule has 4 rings (SSSR count). The predicted octanol–water partition coefficient (Wildman–Crippen LogP) is 2.72. The number of hydrogen-bond acceptors (Lipinski definition) is 6. The molecule has 2 aromatic carbocycles. The van der Waals surface area contributed by atoms with Crippen LogP contribution in [0.3, 0.4) is 0 Å². The number of nitrogens with one attached hydrogen (secondary N) is 4. The van der Waals surface area contributed by atoms with Crippen molar-refractivity contribution in [1.82, 2.24) is 15.4 Å². The summed E-state index contributed by atoms with van der Waals surface area (Å²) in [6, 6.07) is 15.8. The van der Waals surface area contributed by atoms with Crippen LogP contribution in [0.25, 0.3) is 0 Å². The topological polar surface area (TPSA) is 142 Å². The quantitative estimate of drug-likeness (QED) is 0.211. The highest BCUT2D eigenvalue weighted by molar-refractivity contribution is 8.00. The highest BCUT2D eigenvalue weighted by Crippen LogP contribution is 2.33. The van der Waals surface area contributed by atoms with Crippen LogP contribution in [-0.4, -0.2) is 50.0 Å². The number of amides is 3. The molecule has 0 radical (unpaired) electrons. The van der Waals surface area contributed by atoms with Crippen molar-refractivity contribution in [1.29, 1.82) is 0 Å². The van der Waals surface area contributed by atoms with E-state index >= 15 is 0 Å². The van der Waals surface area contributed by atoms with Gasteiger partial charge in [0.1, 0.15) is 0 Å². The van der Waals surface area contributed by atoms with Crippen molar-refractivity contribution in [3.8, 4) is 0 Å². The van der Waals surface area contributed by atoms with Gasteiger partial charge in [-0.2, -0.15) is 11.8 Å². The molecule has 11 heteroatoms. The Morgan fingerprint density at radius 3 is 2.72 bits per heavy atom. The highest BCUT2D eigenvalue weighted by atomic mass is 32.2. The third-order valence-corrected chi connectivity index (χ3v) is 9.45. The summed E-state index contributed by atoms with van der Waals surface area (Å²) in [4.78, 5) is 24.0. The Kier molecular flexibility index (Phi) is 8.89. The molecule has 2 fully saturated rings. The number of unbranched alkanes of at least 4 members (excludes halogenated alkanes) is 1. The normalized spacial score (nSPS) is 21.9. The lowest BCUT2D eigenvalue weighted by molar-refractivity contribution is -0.116. The van der Waals surface area contributed by atoms with Gasteiger partial charge in [-0.3, -0.25) is 4.79 Å². The summed E-state index contributed by atoms with van der Waals surface area (Å²) in [5.74, 6) is 0.766. The summed E-state index contributed by atoms with van der Waals surface area (Å²) < 4.78 is 28.0. The van der Waals surface area contributed by atoms with Crippen LogP contribution in [-0.2, 0) is 14.8 Å². The number of carbonyl (C=O) groups is 2. The molecule has 4 atom stereocenters. The Morgan fingerprint density at radius 1 is 1.11 bits per heavy atom. The maximum atomic E-state index is 12.7. The maximum absolute atomic E-state index is 12.7. The molecule has 0 saturated carbocycles. The van der Waals surface area contributed by atoms with Gasteiger partial charge in [-0.15, -0.1) is 0 Å². The van der Waals surface area contributed by atoms with E-state index in [1.165, 1.54) is 12.1 Å². The van der Waals surface area contributed by atoms with Crippen LogP contribution in [0.4, 0.5) is 10.5 Å². The van der Waals surface area contributed by atoms with E-state index in [0.717, 1.165) is 30.6 Å². The van der Waals surface area contributed by atoms with Crippen LogP contribution in [0.2, 0.25) is 0 Å². The minimum atomic E-state index is -3.73. The molecule has 0 bridgehead atoms. The number of thioether (sulfide) groups is 1. The first-order valence-electron chi connectivity index (χ1n) is 12.2. The molecular weight excluding hydrogens is 498 g/mol. The van der Waals surface area contributed by atoms with Crippen LogP contribution in [0.5, 0.6) is 0 Å². The number of anilines is 1. The van der Waals surface area contributed by atoms with E-state index < -0.39 is 10.0 Å². The van der Waals surface area contributed by atoms with Crippen LogP contribution >= 0.6 is 11.8 Å². The SMILES string of the molecule is N[C@@H](CCNS(=O)(=O)c1cccc(NC(=O)CCCC[C@H]2SCC3NC(=O)NC32)c1)c1ccccc1. The number of hydrogen-bond donors (Lipinski definition) is 5. The van der Waals surface area contributed by atoms with Crippen LogP contribution in [0.15, 0.2) is 59.5 Å². The third kappa shape index (κ3) is 7.00. The second-order valence-electron chi connectivity index (χ2n) is 9.15. The number of sulfonamides is 1. The number of nitrogens with two attached hydrogens (primary N) is 1. The molecule has 2 aliphatic heterocycles. The van der Waals surface area contributed by atoms with Gasteiger partial charge in [0, 0.05) is 35.7 Å². The molecule has 6 N–H and O–H groups in total. The van der Waals surface area contributed by atoms with Gasteiger partial charge < -0.3 is 21.7 Å². The standard InChI is InChI=1S/C25H33N5O4S2/c26-20(17-7-2-1-3-8-17)13-14-27-36(33,34)19-10-6-9-18(15-19)28-23(31)12-5-4-11-22-24-21(16-35-22)29-25(32)30-24/h1-3,6-10,15,20-22,24,27H,4-5,11-14,16,26H2,(H,28,31)(H2,29,30,32)/t20-,21?,22+,24?/m0/s1. The smallest absolute Gasteiger partial charge is 0.315 e. The fourth-order valence-corrected chi connectivity index (χ4v) is 7.17. The van der Waals surface area contributed by atoms with Gasteiger partial charge in [0.2, 0.25) is 15.9 Å². The monoisotopic (exact) mass is 531 g/mol. The lowest BCUT2D eigenvalue weighted by Crippen LogP contribution is -2.36. The van der Waals surface area contributed by atoms with Crippen molar-refractivity contribution in [2.45, 2.75) is 60.4 Å². The Morgan fingerprint density at radius 2 is 1.92 bits per heavy atom. The van der Waals surface area contributed by atoms with E-state index in [2.05, 4.69) is 20.7 Å². The van der Waals surface area contributed by atoms with Gasteiger partial charge in [0.15, 0.2) is 0 Å². The number of benzene rings is 2. The van der Waals surface area contributed by atoms with E-state index in [0.29, 0.717) is 23.8 Å². The molecular formula is C25H33N5O4S2. The molecule has 2 aromatic rings. The van der Waals surface area contributed by atoms with Crippen LogP contribution in [0, 0.1) is 0 Å². The fraction of sp³-hybridized carbons (Fsp3) is 0.440. The fourth-order valence-electron chi connectivity index (χ4n) is 4.54. The lowest BCUT2D eigenvalue weighted by Gasteiger charge is -2.16. The molecule has 9 nitrogen and oxygen atoms in total. The van der Waals surface area contributed by atoms with Crippen molar-refractivity contribution in [3.05, 3.63) is 60.2 Å². The first-order valence-corrected chi connectivity index (χ1v) is 14.7. The second kappa shape index (κ2) is 12.1. The summed E-state index contributed by atoms with van der Waals surface area (Å²) in [5, 5.41) is 9.08. The summed E-state index contributed by atoms with van der Waals surface area (Å²) in [6.45, 7) is 0.204. The maximum Gasteiger partial charge on any atom is 0.315 e. The number of carbonyl (C=O) groups excluding carboxylic acids is 2. The van der Waals surface area contributed by atoms with E-state index in [9.17, 15) is 18.0 Å². The molecule has 2 aliphatic rings. The van der Waals surface area contributed by atoms with E-state index in [1.54, 1.807) is 12.1 Å². The summed E-state index contributed by atoms with van der Waals surface area (Å²) in [6.07, 6.45) is 3.36. The largest absolute Gasteiger partial charge is 0.332 e. The summed E-state index contributed by atoms with van der Waals surface area (Å²) in [5.41, 5.74) is 7.55. The Bertz CT molecular complexity index is 1160. The zero-order valence-electron chi connectivity index (χ0n) is 20.0. The lowest BCUT2D eigenvalue weighted by atomic mass is 10.0. The van der Waals surface area contributed by atoms with Gasteiger partial charge in [-0.05, 0) is 43.0 Å². The molecule has 194 valence electrons. The predicted molar refractivity (Wildman–Crippen MR) is 142 cm³/mol. The zero-order valence-corrected chi connectivity index (χ0v) is 21.6. The number of urea groups is 1. The minimum Gasteiger partial charge on any atom is -0.332 e. The van der Waals surface area contributed by atoms with Crippen LogP contribution < -0.4 is 26.4 Å². The number of rotatable bonds is 12. The van der Waals surface area contributed by atoms with Gasteiger partial charge in [0.25, 0.3) is 0 Å². The minimum absolute atomic E-state index is 0.0913. The zero-order chi connectivity index (χ0) is 25.5. The molecule has 0 aliphatic carbocycles. The highest BCUT2D eigenvalue weighted by Gasteiger charge is 2.42. The van der Waals surface area contributed by atoms with E-state index in [-0.39, 0.29) is 41.5 Å². The summed E-state index contributed by atoms with van der Waals surface area (Å²) >= 11 is 1.86. The van der Waals surface area contributed by atoms with E-state index in [4.69, 9.17) is 5.73 Å². The van der Waals surface area contributed by atoms with Gasteiger partial charge in [-0.25, -0.2) is 17.9 Å². The molecule has 3 amide bonds. The molecule has 0 spiro atoms. The first kappa shape index (κ1) is 26.5. The average molecular weight is 532 g/mol. The molecule has 36 heavy (non-hydrogen) atoms. The molecule has 2 saturated heterocycles. The van der Waals surface area contributed by atoms with Crippen molar-refractivity contribution >= 4 is 39.4 Å². The van der Waals surface area contributed by atoms with Crippen molar-refractivity contribution in [2.75, 3.05) is 17.6 Å². The van der Waals surface area contributed by atoms with Gasteiger partial charge >= 0.3 is 6.03 Å². The van der Waals surface area contributed by atoms with Crippen LogP contribution in [0.1, 0.15) is 43.7 Å². The van der Waals surface area contributed by atoms with Gasteiger partial charge in [-0.1, -0.05) is 42.8 Å². The van der Waals surface area contributed by atoms with E-state index in [1.807, 2.05) is 42.1 Å². The average Bonchev–Trinajstić information content (AvgIpc) is 3.41. The second-order valence-corrected chi connectivity index (χ2v) is 12.2. The number of fused-ring (bicyclic) bond motifs is 1. The first-order chi connectivity index (χ1) is 17.3. The van der Waals surface area contributed by atoms with Crippen molar-refractivity contribution in [3.63, 3.8) is 0 Å². The van der Waals surface area contributed by atoms with Crippen molar-refractivity contribution < 1.29 is 18.0 Å². The Hall–Kier alpha value is -2.60. The summed E-state index contributed by atoms with van der Waals surface area (Å²) in [7, 11) is -3.73. The molecule has 2 unspecified atom stereocenters. The Labute approximate surface area is 216 Å². The van der Waals surface area contributed by atoms with Crippen molar-refractivity contribution in [2.24, 2.45) is 5.73 Å².